The van der Waals surface area contributed by atoms with E-state index in [2.05, 4.69) is 4.90 Å². The van der Waals surface area contributed by atoms with E-state index in [0.29, 0.717) is 6.61 Å². The number of hydrogen-bond donors (Lipinski definition) is 0. The molecule has 0 aliphatic heterocycles. The normalized spacial score (nSPS) is 12.5. The molecule has 0 spiro atoms. The third-order valence-corrected chi connectivity index (χ3v) is 1.14. The molecule has 12 heavy (non-hydrogen) atoms. The minimum absolute atomic E-state index is 0.196. The van der Waals surface area contributed by atoms with Crippen molar-refractivity contribution in [1.29, 1.82) is 0 Å². The molecule has 0 amide bonds. The quantitative estimate of drug-likeness (QED) is 0.360. The first-order chi connectivity index (χ1) is 5.42. The van der Waals surface area contributed by atoms with Crippen LogP contribution in [0.25, 0.3) is 0 Å². The van der Waals surface area contributed by atoms with E-state index in [1.54, 1.807) is 0 Å². The first kappa shape index (κ1) is 11.9. The lowest BCUT2D eigenvalue weighted by molar-refractivity contribution is -0.348. The molecule has 0 unspecified atom stereocenters. The Balaban J connectivity index is 3.12. The standard InChI is InChI=1S/C9H21NO2/c1-9(2,3)12-11-8-6-7-10(4)5/h6-8H2,1-5H3. The molecule has 0 aromatic carbocycles. The van der Waals surface area contributed by atoms with Crippen LogP contribution >= 0.6 is 0 Å². The third kappa shape index (κ3) is 9.88. The number of nitrogens with zero attached hydrogens (tertiary/aromatic N) is 1. The molecule has 0 saturated heterocycles. The molecular weight excluding hydrogens is 154 g/mol. The van der Waals surface area contributed by atoms with E-state index in [4.69, 9.17) is 9.78 Å². The van der Waals surface area contributed by atoms with Crippen LogP contribution in [-0.2, 0) is 9.78 Å². The molecule has 0 rings (SSSR count). The zero-order valence-corrected chi connectivity index (χ0v) is 8.89. The van der Waals surface area contributed by atoms with Gasteiger partial charge in [0.2, 0.25) is 0 Å². The minimum Gasteiger partial charge on any atom is -0.309 e. The highest BCUT2D eigenvalue weighted by Crippen LogP contribution is 2.06. The fourth-order valence-corrected chi connectivity index (χ4v) is 0.658. The first-order valence-corrected chi connectivity index (χ1v) is 4.37. The minimum atomic E-state index is -0.196. The van der Waals surface area contributed by atoms with Crippen LogP contribution in [0.1, 0.15) is 27.2 Å². The van der Waals surface area contributed by atoms with Gasteiger partial charge in [0, 0.05) is 0 Å². The molecule has 0 heterocycles. The first-order valence-electron chi connectivity index (χ1n) is 4.37. The van der Waals surface area contributed by atoms with Crippen molar-refractivity contribution >= 4 is 0 Å². The topological polar surface area (TPSA) is 21.7 Å². The van der Waals surface area contributed by atoms with Crippen LogP contribution in [0, 0.1) is 0 Å². The predicted molar refractivity (Wildman–Crippen MR) is 50.0 cm³/mol. The second-order valence-corrected chi connectivity index (χ2v) is 4.17. The van der Waals surface area contributed by atoms with Gasteiger partial charge >= 0.3 is 0 Å². The summed E-state index contributed by atoms with van der Waals surface area (Å²) in [6.45, 7) is 7.61. The molecule has 0 fully saturated rings. The van der Waals surface area contributed by atoms with Gasteiger partial charge < -0.3 is 4.90 Å². The van der Waals surface area contributed by atoms with Gasteiger partial charge in [-0.2, -0.15) is 0 Å². The van der Waals surface area contributed by atoms with Crippen LogP contribution in [0.2, 0.25) is 0 Å². The van der Waals surface area contributed by atoms with Crippen molar-refractivity contribution in [3.63, 3.8) is 0 Å². The zero-order chi connectivity index (χ0) is 9.61. The van der Waals surface area contributed by atoms with Crippen LogP contribution < -0.4 is 0 Å². The van der Waals surface area contributed by atoms with Crippen molar-refractivity contribution < 1.29 is 9.78 Å². The molecule has 0 aromatic heterocycles. The Labute approximate surface area is 75.6 Å². The Bertz CT molecular complexity index is 108. The Kier molecular flexibility index (Phi) is 5.46. The van der Waals surface area contributed by atoms with E-state index in [1.807, 2.05) is 34.9 Å². The molecule has 0 bridgehead atoms. The van der Waals surface area contributed by atoms with E-state index in [1.165, 1.54) is 0 Å². The highest BCUT2D eigenvalue weighted by molar-refractivity contribution is 4.54. The van der Waals surface area contributed by atoms with Crippen LogP contribution in [0.4, 0.5) is 0 Å². The average molecular weight is 175 g/mol. The molecule has 0 atom stereocenters. The molecule has 0 aromatic rings. The van der Waals surface area contributed by atoms with E-state index in [-0.39, 0.29) is 5.60 Å². The predicted octanol–water partition coefficient (Wildman–Crippen LogP) is 1.68. The molecular formula is C9H21NO2. The number of rotatable bonds is 5. The lowest BCUT2D eigenvalue weighted by Crippen LogP contribution is -2.21. The fourth-order valence-electron chi connectivity index (χ4n) is 0.658. The fraction of sp³-hybridized carbons (Fsp3) is 1.00. The molecule has 0 radical (unpaired) electrons. The second-order valence-electron chi connectivity index (χ2n) is 4.17. The summed E-state index contributed by atoms with van der Waals surface area (Å²) in [7, 11) is 4.09. The van der Waals surface area contributed by atoms with E-state index < -0.39 is 0 Å². The summed E-state index contributed by atoms with van der Waals surface area (Å²) in [6, 6.07) is 0. The van der Waals surface area contributed by atoms with E-state index >= 15 is 0 Å². The number of hydrogen-bond acceptors (Lipinski definition) is 3. The van der Waals surface area contributed by atoms with Crippen molar-refractivity contribution in [2.45, 2.75) is 32.8 Å². The SMILES string of the molecule is CN(C)CCCOOC(C)(C)C. The highest BCUT2D eigenvalue weighted by atomic mass is 17.2. The second kappa shape index (κ2) is 5.51. The van der Waals surface area contributed by atoms with Crippen LogP contribution in [-0.4, -0.2) is 37.7 Å². The highest BCUT2D eigenvalue weighted by Gasteiger charge is 2.10. The van der Waals surface area contributed by atoms with Gasteiger partial charge in [-0.05, 0) is 47.8 Å². The maximum Gasteiger partial charge on any atom is 0.0952 e. The van der Waals surface area contributed by atoms with Crippen molar-refractivity contribution in [3.05, 3.63) is 0 Å². The van der Waals surface area contributed by atoms with Gasteiger partial charge in [-0.15, -0.1) is 0 Å². The van der Waals surface area contributed by atoms with Gasteiger partial charge in [0.1, 0.15) is 0 Å². The van der Waals surface area contributed by atoms with E-state index in [9.17, 15) is 0 Å². The summed E-state index contributed by atoms with van der Waals surface area (Å²) in [5, 5.41) is 0. The van der Waals surface area contributed by atoms with Crippen LogP contribution in [0.3, 0.4) is 0 Å². The third-order valence-electron chi connectivity index (χ3n) is 1.14. The summed E-state index contributed by atoms with van der Waals surface area (Å²) in [6.07, 6.45) is 1.00. The monoisotopic (exact) mass is 175 g/mol. The molecule has 3 nitrogen and oxygen atoms in total. The summed E-state index contributed by atoms with van der Waals surface area (Å²) < 4.78 is 0. The van der Waals surface area contributed by atoms with Crippen molar-refractivity contribution in [1.82, 2.24) is 4.90 Å². The van der Waals surface area contributed by atoms with Gasteiger partial charge in [0.05, 0.1) is 12.2 Å². The van der Waals surface area contributed by atoms with Gasteiger partial charge in [-0.25, -0.2) is 9.78 Å². The van der Waals surface area contributed by atoms with E-state index in [0.717, 1.165) is 13.0 Å². The maximum atomic E-state index is 5.09. The average Bonchev–Trinajstić information content (AvgIpc) is 1.83. The van der Waals surface area contributed by atoms with Crippen LogP contribution in [0.15, 0.2) is 0 Å². The molecule has 0 N–H and O–H groups in total. The summed E-state index contributed by atoms with van der Waals surface area (Å²) in [5.41, 5.74) is -0.196. The van der Waals surface area contributed by atoms with Gasteiger partial charge in [0.15, 0.2) is 0 Å². The summed E-state index contributed by atoms with van der Waals surface area (Å²) in [4.78, 5) is 12.2. The summed E-state index contributed by atoms with van der Waals surface area (Å²) in [5.74, 6) is 0. The molecule has 0 saturated carbocycles. The van der Waals surface area contributed by atoms with Gasteiger partial charge in [-0.3, -0.25) is 0 Å². The van der Waals surface area contributed by atoms with Gasteiger partial charge in [0.25, 0.3) is 0 Å². The van der Waals surface area contributed by atoms with Crippen LogP contribution in [0.5, 0.6) is 0 Å². The molecule has 0 aliphatic rings. The maximum absolute atomic E-state index is 5.09. The largest absolute Gasteiger partial charge is 0.309 e. The van der Waals surface area contributed by atoms with Gasteiger partial charge in [-0.1, -0.05) is 0 Å². The van der Waals surface area contributed by atoms with Crippen molar-refractivity contribution in [3.8, 4) is 0 Å². The summed E-state index contributed by atoms with van der Waals surface area (Å²) >= 11 is 0. The Morgan fingerprint density at radius 2 is 1.75 bits per heavy atom. The Morgan fingerprint density at radius 3 is 2.17 bits per heavy atom. The molecule has 74 valence electrons. The molecule has 3 heteroatoms. The van der Waals surface area contributed by atoms with Crippen molar-refractivity contribution in [2.24, 2.45) is 0 Å². The lowest BCUT2D eigenvalue weighted by Gasteiger charge is -2.17. The van der Waals surface area contributed by atoms with Crippen molar-refractivity contribution in [2.75, 3.05) is 27.2 Å². The lowest BCUT2D eigenvalue weighted by atomic mass is 10.2. The Hall–Kier alpha value is -0.120. The Morgan fingerprint density at radius 1 is 1.17 bits per heavy atom. The zero-order valence-electron chi connectivity index (χ0n) is 8.89. The smallest absolute Gasteiger partial charge is 0.0952 e. The molecule has 0 aliphatic carbocycles.